The van der Waals surface area contributed by atoms with E-state index in [9.17, 15) is 19.1 Å². The van der Waals surface area contributed by atoms with Crippen LogP contribution in [0.15, 0.2) is 47.5 Å². The lowest BCUT2D eigenvalue weighted by molar-refractivity contribution is -0.153. The minimum absolute atomic E-state index is 0.0373. The zero-order valence-corrected chi connectivity index (χ0v) is 19.7. The van der Waals surface area contributed by atoms with E-state index in [4.69, 9.17) is 14.5 Å². The molecule has 2 atom stereocenters. The molecule has 0 aliphatic carbocycles. The number of aliphatic imine (C=N–C) groups is 1. The smallest absolute Gasteiger partial charge is 0.321 e. The molecule has 10 heteroatoms. The summed E-state index contributed by atoms with van der Waals surface area (Å²) < 4.78 is 23.9. The molecule has 2 aromatic carbocycles. The molecule has 1 saturated heterocycles. The Bertz CT molecular complexity index is 1100. The SMILES string of the molecule is CCOC(=O)[C@H]1C(=O)NC(N2CCN(c3ccc(F)cc3)CC2)=N[C@@H]1c1ccc(O)c(OCC)c1. The number of amides is 1. The van der Waals surface area contributed by atoms with E-state index in [1.165, 1.54) is 18.2 Å². The van der Waals surface area contributed by atoms with Gasteiger partial charge in [0.2, 0.25) is 11.9 Å². The first-order chi connectivity index (χ1) is 16.9. The van der Waals surface area contributed by atoms with E-state index in [1.54, 1.807) is 38.1 Å². The summed E-state index contributed by atoms with van der Waals surface area (Å²) in [7, 11) is 0. The fraction of sp³-hybridized carbons (Fsp3) is 0.400. The van der Waals surface area contributed by atoms with Crippen molar-refractivity contribution < 1.29 is 28.6 Å². The molecule has 2 aliphatic heterocycles. The average Bonchev–Trinajstić information content (AvgIpc) is 2.86. The monoisotopic (exact) mass is 484 g/mol. The summed E-state index contributed by atoms with van der Waals surface area (Å²) in [5.74, 6) is -2.01. The molecule has 1 amide bonds. The van der Waals surface area contributed by atoms with Crippen molar-refractivity contribution in [2.45, 2.75) is 19.9 Å². The lowest BCUT2D eigenvalue weighted by Crippen LogP contribution is -2.57. The molecule has 2 N–H and O–H groups in total. The van der Waals surface area contributed by atoms with Crippen molar-refractivity contribution in [2.24, 2.45) is 10.9 Å². The van der Waals surface area contributed by atoms with Gasteiger partial charge in [0, 0.05) is 31.9 Å². The maximum atomic E-state index is 13.3. The number of carbonyl (C=O) groups is 2. The number of phenols is 1. The number of phenolic OH excluding ortho intramolecular Hbond substituents is 1. The van der Waals surface area contributed by atoms with E-state index >= 15 is 0 Å². The number of rotatable bonds is 6. The molecular formula is C25H29FN4O5. The van der Waals surface area contributed by atoms with E-state index < -0.39 is 23.8 Å². The number of benzene rings is 2. The second-order valence-electron chi connectivity index (χ2n) is 8.23. The Labute approximate surface area is 203 Å². The number of anilines is 1. The normalized spacial score (nSPS) is 20.2. The van der Waals surface area contributed by atoms with Crippen molar-refractivity contribution >= 4 is 23.5 Å². The molecule has 2 heterocycles. The summed E-state index contributed by atoms with van der Waals surface area (Å²) in [6.45, 7) is 6.41. The molecule has 186 valence electrons. The van der Waals surface area contributed by atoms with Gasteiger partial charge in [0.15, 0.2) is 17.4 Å². The van der Waals surface area contributed by atoms with Gasteiger partial charge in [0.25, 0.3) is 0 Å². The summed E-state index contributed by atoms with van der Waals surface area (Å²) >= 11 is 0. The lowest BCUT2D eigenvalue weighted by atomic mass is 9.91. The Morgan fingerprint density at radius 3 is 2.43 bits per heavy atom. The summed E-state index contributed by atoms with van der Waals surface area (Å²) in [5, 5.41) is 12.9. The van der Waals surface area contributed by atoms with E-state index in [0.29, 0.717) is 44.3 Å². The molecule has 0 unspecified atom stereocenters. The molecule has 0 saturated carbocycles. The van der Waals surface area contributed by atoms with Gasteiger partial charge in [-0.2, -0.15) is 0 Å². The first kappa shape index (κ1) is 24.3. The summed E-state index contributed by atoms with van der Waals surface area (Å²) in [5.41, 5.74) is 1.48. The van der Waals surface area contributed by atoms with Crippen molar-refractivity contribution in [2.75, 3.05) is 44.3 Å². The number of nitrogens with zero attached hydrogens (tertiary/aromatic N) is 3. The first-order valence-electron chi connectivity index (χ1n) is 11.7. The second-order valence-corrected chi connectivity index (χ2v) is 8.23. The maximum Gasteiger partial charge on any atom is 0.321 e. The summed E-state index contributed by atoms with van der Waals surface area (Å²) in [4.78, 5) is 34.6. The number of hydrogen-bond donors (Lipinski definition) is 2. The highest BCUT2D eigenvalue weighted by Gasteiger charge is 2.42. The van der Waals surface area contributed by atoms with Crippen LogP contribution in [0.5, 0.6) is 11.5 Å². The number of halogens is 1. The highest BCUT2D eigenvalue weighted by Crippen LogP contribution is 2.36. The molecule has 2 aromatic rings. The Hall–Kier alpha value is -3.82. The van der Waals surface area contributed by atoms with Gasteiger partial charge >= 0.3 is 5.97 Å². The van der Waals surface area contributed by atoms with E-state index in [1.807, 2.05) is 4.90 Å². The minimum atomic E-state index is -1.17. The molecule has 4 rings (SSSR count). The highest BCUT2D eigenvalue weighted by atomic mass is 19.1. The Kier molecular flexibility index (Phi) is 7.38. The molecule has 0 spiro atoms. The number of carbonyl (C=O) groups excluding carboxylic acids is 2. The van der Waals surface area contributed by atoms with Crippen molar-refractivity contribution in [1.82, 2.24) is 10.2 Å². The van der Waals surface area contributed by atoms with E-state index in [2.05, 4.69) is 10.2 Å². The third-order valence-electron chi connectivity index (χ3n) is 6.03. The molecule has 0 radical (unpaired) electrons. The molecule has 1 fully saturated rings. The van der Waals surface area contributed by atoms with Crippen LogP contribution in [-0.4, -0.2) is 67.2 Å². The predicted molar refractivity (Wildman–Crippen MR) is 128 cm³/mol. The first-order valence-corrected chi connectivity index (χ1v) is 11.7. The van der Waals surface area contributed by atoms with Crippen LogP contribution in [0, 0.1) is 11.7 Å². The zero-order chi connectivity index (χ0) is 24.9. The van der Waals surface area contributed by atoms with Crippen molar-refractivity contribution in [3.63, 3.8) is 0 Å². The molecule has 35 heavy (non-hydrogen) atoms. The predicted octanol–water partition coefficient (Wildman–Crippen LogP) is 2.46. The van der Waals surface area contributed by atoms with Crippen LogP contribution in [-0.2, 0) is 14.3 Å². The van der Waals surface area contributed by atoms with Gasteiger partial charge in [-0.3, -0.25) is 14.9 Å². The number of guanidine groups is 1. The van der Waals surface area contributed by atoms with Crippen LogP contribution in [0.25, 0.3) is 0 Å². The number of aromatic hydroxyl groups is 1. The van der Waals surface area contributed by atoms with Gasteiger partial charge in [-0.05, 0) is 55.8 Å². The number of piperazine rings is 1. The summed E-state index contributed by atoms with van der Waals surface area (Å²) in [6.07, 6.45) is 0. The van der Waals surface area contributed by atoms with Crippen LogP contribution in [0.3, 0.4) is 0 Å². The maximum absolute atomic E-state index is 13.3. The topological polar surface area (TPSA) is 104 Å². The Balaban J connectivity index is 1.59. The summed E-state index contributed by atoms with van der Waals surface area (Å²) in [6, 6.07) is 10.2. The third kappa shape index (κ3) is 5.31. The molecule has 0 aromatic heterocycles. The molecule has 0 bridgehead atoms. The quantitative estimate of drug-likeness (QED) is 0.480. The van der Waals surface area contributed by atoms with Crippen molar-refractivity contribution in [3.8, 4) is 11.5 Å². The number of nitrogens with one attached hydrogen (secondary N) is 1. The minimum Gasteiger partial charge on any atom is -0.504 e. The van der Waals surface area contributed by atoms with Crippen LogP contribution in [0.1, 0.15) is 25.5 Å². The van der Waals surface area contributed by atoms with Gasteiger partial charge in [0.1, 0.15) is 11.9 Å². The second kappa shape index (κ2) is 10.6. The van der Waals surface area contributed by atoms with E-state index in [-0.39, 0.29) is 23.9 Å². The molecular weight excluding hydrogens is 455 g/mol. The molecule has 9 nitrogen and oxygen atoms in total. The van der Waals surface area contributed by atoms with Crippen LogP contribution >= 0.6 is 0 Å². The Morgan fingerprint density at radius 2 is 1.77 bits per heavy atom. The van der Waals surface area contributed by atoms with Crippen LogP contribution in [0.4, 0.5) is 10.1 Å². The fourth-order valence-electron chi connectivity index (χ4n) is 4.28. The fourth-order valence-corrected chi connectivity index (χ4v) is 4.28. The van der Waals surface area contributed by atoms with E-state index in [0.717, 1.165) is 5.69 Å². The van der Waals surface area contributed by atoms with Crippen LogP contribution < -0.4 is 15.0 Å². The number of esters is 1. The number of ether oxygens (including phenoxy) is 2. The third-order valence-corrected chi connectivity index (χ3v) is 6.03. The standard InChI is InChI=1S/C25H29FN4O5/c1-3-34-20-15-16(5-10-19(20)31)22-21(24(33)35-4-2)23(32)28-25(27-22)30-13-11-29(12-14-30)18-8-6-17(26)7-9-18/h5-10,15,21-22,31H,3-4,11-14H2,1-2H3,(H,27,28,32)/t21-,22-/m1/s1. The zero-order valence-electron chi connectivity index (χ0n) is 19.7. The van der Waals surface area contributed by atoms with Crippen molar-refractivity contribution in [1.29, 1.82) is 0 Å². The van der Waals surface area contributed by atoms with Crippen LogP contribution in [0.2, 0.25) is 0 Å². The molecule has 2 aliphatic rings. The van der Waals surface area contributed by atoms with Gasteiger partial charge < -0.3 is 24.4 Å². The van der Waals surface area contributed by atoms with Gasteiger partial charge in [-0.15, -0.1) is 0 Å². The largest absolute Gasteiger partial charge is 0.504 e. The van der Waals surface area contributed by atoms with Gasteiger partial charge in [-0.25, -0.2) is 9.38 Å². The Morgan fingerprint density at radius 1 is 1.09 bits per heavy atom. The lowest BCUT2D eigenvalue weighted by Gasteiger charge is -2.39. The highest BCUT2D eigenvalue weighted by molar-refractivity contribution is 6.08. The average molecular weight is 485 g/mol. The number of hydrogen-bond acceptors (Lipinski definition) is 8. The van der Waals surface area contributed by atoms with Gasteiger partial charge in [-0.1, -0.05) is 6.07 Å². The van der Waals surface area contributed by atoms with Crippen molar-refractivity contribution in [3.05, 3.63) is 53.8 Å². The van der Waals surface area contributed by atoms with Gasteiger partial charge in [0.05, 0.1) is 13.2 Å².